The molecule has 0 saturated carbocycles. The molecule has 0 aromatic carbocycles. The number of rotatable bonds is 1. The number of isocyanates is 1. The highest BCUT2D eigenvalue weighted by atomic mass is 16.2. The van der Waals surface area contributed by atoms with Gasteiger partial charge in [-0.3, -0.25) is 0 Å². The maximum Gasteiger partial charge on any atom is 0.365 e. The maximum atomic E-state index is 10.3. The molecule has 7 heteroatoms. The van der Waals surface area contributed by atoms with Crippen LogP contribution in [0.15, 0.2) is 10.1 Å². The fourth-order valence-electron chi connectivity index (χ4n) is 0.213. The topological polar surface area (TPSA) is 123 Å². The van der Waals surface area contributed by atoms with Crippen LogP contribution in [0.5, 0.6) is 0 Å². The second kappa shape index (κ2) is 4.04. The summed E-state index contributed by atoms with van der Waals surface area (Å²) in [7, 11) is 0. The van der Waals surface area contributed by atoms with Gasteiger partial charge in [-0.05, 0) is 0 Å². The lowest BCUT2D eigenvalue weighted by atomic mass is 11.0. The third-order valence-electron chi connectivity index (χ3n) is 0.428. The van der Waals surface area contributed by atoms with E-state index < -0.39 is 12.0 Å². The van der Waals surface area contributed by atoms with Gasteiger partial charge in [-0.2, -0.15) is 4.99 Å². The van der Waals surface area contributed by atoms with E-state index in [4.69, 9.17) is 11.5 Å². The quantitative estimate of drug-likeness (QED) is 0.174. The lowest BCUT2D eigenvalue weighted by Gasteiger charge is -1.88. The summed E-state index contributed by atoms with van der Waals surface area (Å²) in [5.74, 6) is -0.404. The smallest absolute Gasteiger partial charge is 0.365 e. The molecule has 0 saturated heterocycles. The molecule has 5 N–H and O–H groups in total. The molecule has 0 fully saturated rings. The minimum Gasteiger partial charge on any atom is -0.370 e. The highest BCUT2D eigenvalue weighted by Crippen LogP contribution is 1.69. The van der Waals surface area contributed by atoms with Crippen LogP contribution in [0.25, 0.3) is 0 Å². The number of carbonyl (C=O) groups is 1. The summed E-state index contributed by atoms with van der Waals surface area (Å²) in [5, 5.41) is 2.70. The number of carbonyl (C=O) groups excluding carboxylic acids is 2. The Kier molecular flexibility index (Phi) is 3.28. The molecule has 0 bridgehead atoms. The molecule has 0 aromatic heterocycles. The molecule has 0 atom stereocenters. The van der Waals surface area contributed by atoms with E-state index in [2.05, 4.69) is 10.1 Å². The molecule has 0 aliphatic rings. The van der Waals surface area contributed by atoms with Crippen molar-refractivity contribution in [3.63, 3.8) is 0 Å². The summed E-state index contributed by atoms with van der Waals surface area (Å²) in [5.41, 5.74) is 11.3. The average molecular weight is 143 g/mol. The minimum absolute atomic E-state index is 0.404. The molecule has 0 unspecified atom stereocenters. The van der Waals surface area contributed by atoms with Gasteiger partial charge < -0.3 is 11.5 Å². The van der Waals surface area contributed by atoms with E-state index in [1.165, 1.54) is 0 Å². The molecule has 0 aliphatic carbocycles. The monoisotopic (exact) mass is 143 g/mol. The van der Waals surface area contributed by atoms with Crippen molar-refractivity contribution < 1.29 is 9.59 Å². The van der Waals surface area contributed by atoms with Crippen LogP contribution >= 0.6 is 0 Å². The molecule has 7 nitrogen and oxygen atoms in total. The van der Waals surface area contributed by atoms with Crippen LogP contribution in [0.3, 0.4) is 0 Å². The maximum absolute atomic E-state index is 10.3. The van der Waals surface area contributed by atoms with Gasteiger partial charge in [0, 0.05) is 0 Å². The first-order valence-corrected chi connectivity index (χ1v) is 2.13. The fourth-order valence-corrected chi connectivity index (χ4v) is 0.213. The Bertz CT molecular complexity index is 199. The fraction of sp³-hybridized carbons (Fsp3) is 0. The largest absolute Gasteiger partial charge is 0.370 e. The number of hydrazone groups is 1. The van der Waals surface area contributed by atoms with E-state index in [0.717, 1.165) is 6.08 Å². The minimum atomic E-state index is -0.914. The standard InChI is InChI=1S/C3H5N5O2/c4-2(5)7-3(10)8-6-1-9/h(H5,4,5,7,8,10). The van der Waals surface area contributed by atoms with Crippen molar-refractivity contribution in [1.82, 2.24) is 5.43 Å². The molecule has 0 heterocycles. The molecule has 2 amide bonds. The molecular formula is C3H5N5O2. The van der Waals surface area contributed by atoms with Crippen LogP contribution in [-0.4, -0.2) is 18.1 Å². The number of amides is 2. The predicted molar refractivity (Wildman–Crippen MR) is 32.5 cm³/mol. The van der Waals surface area contributed by atoms with E-state index in [-0.39, 0.29) is 0 Å². The van der Waals surface area contributed by atoms with Crippen molar-refractivity contribution >= 4 is 18.1 Å². The number of nitrogens with zero attached hydrogens (tertiary/aromatic N) is 2. The zero-order chi connectivity index (χ0) is 7.98. The number of hydrogen-bond acceptors (Lipinski definition) is 3. The van der Waals surface area contributed by atoms with Gasteiger partial charge in [0.2, 0.25) is 0 Å². The number of nitrogens with two attached hydrogens (primary N) is 2. The van der Waals surface area contributed by atoms with Crippen LogP contribution in [0, 0.1) is 0 Å². The van der Waals surface area contributed by atoms with Gasteiger partial charge in [0.15, 0.2) is 5.96 Å². The van der Waals surface area contributed by atoms with Crippen LogP contribution in [0.2, 0.25) is 0 Å². The summed E-state index contributed by atoms with van der Waals surface area (Å²) in [6.45, 7) is 0. The Morgan fingerprint density at radius 2 is 2.10 bits per heavy atom. The van der Waals surface area contributed by atoms with Gasteiger partial charge in [0.1, 0.15) is 0 Å². The van der Waals surface area contributed by atoms with E-state index in [0.29, 0.717) is 0 Å². The number of urea groups is 1. The first-order valence-electron chi connectivity index (χ1n) is 2.13. The molecule has 0 rings (SSSR count). The van der Waals surface area contributed by atoms with Crippen LogP contribution in [-0.2, 0) is 4.79 Å². The van der Waals surface area contributed by atoms with E-state index in [9.17, 15) is 9.59 Å². The van der Waals surface area contributed by atoms with Gasteiger partial charge in [-0.15, -0.1) is 0 Å². The predicted octanol–water partition coefficient (Wildman–Crippen LogP) is -1.78. The zero-order valence-corrected chi connectivity index (χ0v) is 4.87. The lowest BCUT2D eigenvalue weighted by Crippen LogP contribution is -2.26. The summed E-state index contributed by atoms with van der Waals surface area (Å²) < 4.78 is 0. The van der Waals surface area contributed by atoms with E-state index in [1.54, 1.807) is 5.43 Å². The van der Waals surface area contributed by atoms with Crippen molar-refractivity contribution in [2.45, 2.75) is 0 Å². The number of aliphatic imine (C=N–C) groups is 1. The Hall–Kier alpha value is -1.88. The van der Waals surface area contributed by atoms with Gasteiger partial charge in [0.05, 0.1) is 0 Å². The van der Waals surface area contributed by atoms with Gasteiger partial charge in [-0.25, -0.2) is 15.0 Å². The summed E-state index contributed by atoms with van der Waals surface area (Å²) in [6, 6.07) is -0.914. The second-order valence-corrected chi connectivity index (χ2v) is 1.16. The number of guanidine groups is 1. The van der Waals surface area contributed by atoms with Crippen LogP contribution in [0.1, 0.15) is 0 Å². The molecule has 10 heavy (non-hydrogen) atoms. The Labute approximate surface area is 55.8 Å². The van der Waals surface area contributed by atoms with Crippen molar-refractivity contribution in [3.05, 3.63) is 0 Å². The normalized spacial score (nSPS) is 7.20. The first kappa shape index (κ1) is 8.12. The van der Waals surface area contributed by atoms with Crippen molar-refractivity contribution in [3.8, 4) is 0 Å². The number of nitrogens with one attached hydrogen (secondary N) is 1. The molecule has 0 spiro atoms. The Morgan fingerprint density at radius 3 is 2.50 bits per heavy atom. The molecule has 0 aromatic rings. The highest BCUT2D eigenvalue weighted by molar-refractivity contribution is 5.90. The summed E-state index contributed by atoms with van der Waals surface area (Å²) >= 11 is 0. The van der Waals surface area contributed by atoms with Gasteiger partial charge in [-0.1, -0.05) is 5.10 Å². The zero-order valence-electron chi connectivity index (χ0n) is 4.87. The SMILES string of the molecule is NC(N)=NC(=O)NN=C=O. The Balaban J connectivity index is 3.87. The Morgan fingerprint density at radius 1 is 1.50 bits per heavy atom. The van der Waals surface area contributed by atoms with Crippen molar-refractivity contribution in [1.29, 1.82) is 0 Å². The first-order chi connectivity index (χ1) is 4.66. The molecular weight excluding hydrogens is 138 g/mol. The van der Waals surface area contributed by atoms with E-state index >= 15 is 0 Å². The van der Waals surface area contributed by atoms with E-state index in [1.807, 2.05) is 0 Å². The second-order valence-electron chi connectivity index (χ2n) is 1.16. The average Bonchev–Trinajstić information content (AvgIpc) is 1.82. The molecule has 54 valence electrons. The molecule has 0 aliphatic heterocycles. The third kappa shape index (κ3) is 4.28. The summed E-state index contributed by atoms with van der Waals surface area (Å²) in [4.78, 5) is 22.6. The summed E-state index contributed by atoms with van der Waals surface area (Å²) in [6.07, 6.45) is 1.06. The number of hydrogen-bond donors (Lipinski definition) is 3. The molecule has 0 radical (unpaired) electrons. The van der Waals surface area contributed by atoms with Crippen molar-refractivity contribution in [2.24, 2.45) is 21.6 Å². The van der Waals surface area contributed by atoms with Crippen molar-refractivity contribution in [2.75, 3.05) is 0 Å². The third-order valence-corrected chi connectivity index (χ3v) is 0.428. The van der Waals surface area contributed by atoms with Crippen LogP contribution < -0.4 is 16.9 Å². The van der Waals surface area contributed by atoms with Gasteiger partial charge in [0.25, 0.3) is 6.08 Å². The lowest BCUT2D eigenvalue weighted by molar-refractivity contribution is 0.249. The van der Waals surface area contributed by atoms with Crippen LogP contribution in [0.4, 0.5) is 4.79 Å². The highest BCUT2D eigenvalue weighted by Gasteiger charge is 1.92. The van der Waals surface area contributed by atoms with Gasteiger partial charge >= 0.3 is 6.03 Å².